The van der Waals surface area contributed by atoms with Gasteiger partial charge >= 0.3 is 6.01 Å². The van der Waals surface area contributed by atoms with Crippen LogP contribution in [0.4, 0.5) is 21.6 Å². The number of fused-ring (bicyclic) bond motifs is 2. The number of carbonyl (C=O) groups is 2. The monoisotopic (exact) mass is 616 g/mol. The Bertz CT molecular complexity index is 1530. The minimum absolute atomic E-state index is 0.0252. The van der Waals surface area contributed by atoms with Crippen LogP contribution in [-0.2, 0) is 29.0 Å². The Labute approximate surface area is 263 Å². The van der Waals surface area contributed by atoms with Gasteiger partial charge in [-0.05, 0) is 63.4 Å². The number of hydrogen-bond donors (Lipinski definition) is 0. The maximum absolute atomic E-state index is 15.7. The topological polar surface area (TPSA) is 109 Å². The van der Waals surface area contributed by atoms with Gasteiger partial charge in [-0.1, -0.05) is 12.6 Å². The molecule has 2 saturated heterocycles. The number of amides is 2. The van der Waals surface area contributed by atoms with Crippen LogP contribution in [0.3, 0.4) is 0 Å². The summed E-state index contributed by atoms with van der Waals surface area (Å²) in [6.45, 7) is 7.45. The molecule has 0 bridgehead atoms. The molecule has 0 aliphatic carbocycles. The van der Waals surface area contributed by atoms with E-state index >= 15 is 4.39 Å². The highest BCUT2D eigenvalue weighted by Crippen LogP contribution is 2.41. The van der Waals surface area contributed by atoms with Crippen molar-refractivity contribution in [1.82, 2.24) is 19.8 Å². The molecule has 1 aromatic carbocycles. The van der Waals surface area contributed by atoms with Gasteiger partial charge in [0.1, 0.15) is 18.2 Å². The van der Waals surface area contributed by atoms with Gasteiger partial charge in [0.15, 0.2) is 0 Å². The van der Waals surface area contributed by atoms with Crippen molar-refractivity contribution in [1.29, 1.82) is 5.26 Å². The molecule has 5 heterocycles. The zero-order valence-corrected chi connectivity index (χ0v) is 26.2. The molecule has 45 heavy (non-hydrogen) atoms. The molecule has 11 nitrogen and oxygen atoms in total. The average Bonchev–Trinajstić information content (AvgIpc) is 3.33. The molecule has 0 saturated carbocycles. The van der Waals surface area contributed by atoms with Crippen LogP contribution in [-0.4, -0.2) is 97.1 Å². The third kappa shape index (κ3) is 6.06. The van der Waals surface area contributed by atoms with E-state index in [0.29, 0.717) is 70.0 Å². The fourth-order valence-electron chi connectivity index (χ4n) is 7.21. The van der Waals surface area contributed by atoms with Gasteiger partial charge in [-0.25, -0.2) is 4.39 Å². The highest BCUT2D eigenvalue weighted by Gasteiger charge is 2.35. The van der Waals surface area contributed by atoms with Crippen molar-refractivity contribution in [3.8, 4) is 12.1 Å². The van der Waals surface area contributed by atoms with E-state index in [4.69, 9.17) is 14.7 Å². The first-order valence-electron chi connectivity index (χ1n) is 15.9. The first kappa shape index (κ1) is 30.8. The summed E-state index contributed by atoms with van der Waals surface area (Å²) >= 11 is 0. The first-order valence-corrected chi connectivity index (χ1v) is 15.9. The number of likely N-dealkylation sites (tertiary alicyclic amines) is 1. The highest BCUT2D eigenvalue weighted by atomic mass is 19.1. The first-order chi connectivity index (χ1) is 21.8. The second kappa shape index (κ2) is 13.0. The van der Waals surface area contributed by atoms with E-state index in [-0.39, 0.29) is 42.1 Å². The number of carbonyl (C=O) groups excluding carboxylic acids is 2. The minimum Gasteiger partial charge on any atom is -0.462 e. The molecule has 6 rings (SSSR count). The zero-order chi connectivity index (χ0) is 31.7. The van der Waals surface area contributed by atoms with Gasteiger partial charge in [0, 0.05) is 51.3 Å². The number of hydrogen-bond acceptors (Lipinski definition) is 9. The summed E-state index contributed by atoms with van der Waals surface area (Å²) in [6.07, 6.45) is 6.04. The Kier molecular flexibility index (Phi) is 8.90. The van der Waals surface area contributed by atoms with Gasteiger partial charge in [-0.2, -0.15) is 15.2 Å². The molecular weight excluding hydrogens is 575 g/mol. The number of halogens is 1. The number of benzene rings is 1. The van der Waals surface area contributed by atoms with Crippen molar-refractivity contribution in [2.24, 2.45) is 0 Å². The smallest absolute Gasteiger partial charge is 0.318 e. The van der Waals surface area contributed by atoms with E-state index in [1.54, 1.807) is 22.9 Å². The zero-order valence-electron chi connectivity index (χ0n) is 26.2. The maximum Gasteiger partial charge on any atom is 0.318 e. The lowest BCUT2D eigenvalue weighted by Gasteiger charge is -2.41. The largest absolute Gasteiger partial charge is 0.462 e. The summed E-state index contributed by atoms with van der Waals surface area (Å²) in [5.74, 6) is 0.167. The Morgan fingerprint density at radius 1 is 1.09 bits per heavy atom. The number of rotatable bonds is 7. The maximum atomic E-state index is 15.7. The predicted octanol–water partition coefficient (Wildman–Crippen LogP) is 3.07. The number of piperazine rings is 1. The molecule has 2 fully saturated rings. The van der Waals surface area contributed by atoms with E-state index in [2.05, 4.69) is 29.5 Å². The van der Waals surface area contributed by atoms with Crippen molar-refractivity contribution >= 4 is 29.0 Å². The van der Waals surface area contributed by atoms with Crippen molar-refractivity contribution in [2.75, 3.05) is 68.1 Å². The van der Waals surface area contributed by atoms with Crippen molar-refractivity contribution in [3.05, 3.63) is 47.4 Å². The molecule has 0 N–H and O–H groups in total. The summed E-state index contributed by atoms with van der Waals surface area (Å²) in [4.78, 5) is 44.9. The second-order valence-electron chi connectivity index (χ2n) is 12.4. The number of nitriles is 1. The molecule has 238 valence electrons. The average molecular weight is 617 g/mol. The number of ether oxygens (including phenoxy) is 1. The van der Waals surface area contributed by atoms with Crippen molar-refractivity contribution in [2.45, 2.75) is 63.6 Å². The molecule has 4 aliphatic rings. The molecule has 0 radical (unpaired) electrons. The van der Waals surface area contributed by atoms with Crippen LogP contribution >= 0.6 is 0 Å². The van der Waals surface area contributed by atoms with Gasteiger partial charge in [0.2, 0.25) is 11.8 Å². The molecule has 0 spiro atoms. The lowest BCUT2D eigenvalue weighted by molar-refractivity contribution is -0.128. The van der Waals surface area contributed by atoms with Crippen LogP contribution in [0.1, 0.15) is 48.9 Å². The highest BCUT2D eigenvalue weighted by molar-refractivity contribution is 6.00. The van der Waals surface area contributed by atoms with Gasteiger partial charge in [-0.15, -0.1) is 0 Å². The third-order valence-electron chi connectivity index (χ3n) is 9.71. The molecule has 2 aromatic rings. The molecule has 2 atom stereocenters. The molecule has 4 aliphatic heterocycles. The summed E-state index contributed by atoms with van der Waals surface area (Å²) in [7, 11) is 3.81. The van der Waals surface area contributed by atoms with E-state index in [0.717, 1.165) is 48.4 Å². The molecule has 2 amide bonds. The lowest BCUT2D eigenvalue weighted by atomic mass is 9.99. The Hall–Kier alpha value is -4.24. The molecule has 12 heteroatoms. The van der Waals surface area contributed by atoms with Crippen LogP contribution < -0.4 is 19.4 Å². The Morgan fingerprint density at radius 2 is 1.93 bits per heavy atom. The number of aryl methyl sites for hydroxylation is 1. The van der Waals surface area contributed by atoms with Crippen LogP contribution in [0.15, 0.2) is 24.8 Å². The summed E-state index contributed by atoms with van der Waals surface area (Å²) in [6, 6.07) is 5.76. The summed E-state index contributed by atoms with van der Waals surface area (Å²) in [5, 5.41) is 9.55. The van der Waals surface area contributed by atoms with E-state index in [1.807, 2.05) is 4.90 Å². The van der Waals surface area contributed by atoms with E-state index in [9.17, 15) is 14.9 Å². The fourth-order valence-corrected chi connectivity index (χ4v) is 7.21. The Balaban J connectivity index is 1.37. The number of likely N-dealkylation sites (N-methyl/N-ethyl adjacent to an activating group) is 1. The number of anilines is 3. The molecular formula is C33H41FN8O3. The summed E-state index contributed by atoms with van der Waals surface area (Å²) < 4.78 is 22.0. The van der Waals surface area contributed by atoms with Gasteiger partial charge in [-0.3, -0.25) is 9.59 Å². The summed E-state index contributed by atoms with van der Waals surface area (Å²) in [5.41, 5.74) is 3.75. The Morgan fingerprint density at radius 3 is 2.69 bits per heavy atom. The van der Waals surface area contributed by atoms with Gasteiger partial charge in [0.05, 0.1) is 42.1 Å². The van der Waals surface area contributed by atoms with E-state index in [1.165, 1.54) is 12.1 Å². The number of nitrogens with zero attached hydrogens (tertiary/aromatic N) is 8. The van der Waals surface area contributed by atoms with Crippen molar-refractivity contribution < 1.29 is 18.7 Å². The predicted molar refractivity (Wildman–Crippen MR) is 169 cm³/mol. The van der Waals surface area contributed by atoms with Crippen LogP contribution in [0.2, 0.25) is 0 Å². The van der Waals surface area contributed by atoms with Crippen LogP contribution in [0, 0.1) is 17.1 Å². The molecule has 1 aromatic heterocycles. The standard InChI is InChI=1S/C33H41FN8O3/c1-4-28(43)42-18-17-41(19-23(42)13-14-35)32-25-8-6-16-40(31-26(34)11-9-22-10-12-29(44)39(3)30(22)31)20-27(25)36-33(37-32)45-21-24-7-5-15-38(24)2/h4,9,11,23-24H,1,5-8,10,12-13,15-21H2,2-3H3/t23-,24-/m0/s1. The van der Waals surface area contributed by atoms with E-state index < -0.39 is 0 Å². The fraction of sp³-hybridized carbons (Fsp3) is 0.545. The lowest BCUT2D eigenvalue weighted by Crippen LogP contribution is -2.55. The quantitative estimate of drug-likeness (QED) is 0.434. The molecule has 0 unspecified atom stereocenters. The third-order valence-corrected chi connectivity index (χ3v) is 9.71. The van der Waals surface area contributed by atoms with Crippen LogP contribution in [0.25, 0.3) is 0 Å². The SMILES string of the molecule is C=CC(=O)N1CCN(c2nc(OC[C@@H]3CCCN3C)nc3c2CCCN(c2c(F)ccc4c2N(C)C(=O)CC4)C3)C[C@@H]1CC#N. The number of aromatic nitrogens is 2. The van der Waals surface area contributed by atoms with Gasteiger partial charge < -0.3 is 29.2 Å². The van der Waals surface area contributed by atoms with Gasteiger partial charge in [0.25, 0.3) is 0 Å². The minimum atomic E-state index is -0.365. The second-order valence-corrected chi connectivity index (χ2v) is 12.4. The van der Waals surface area contributed by atoms with Crippen LogP contribution in [0.5, 0.6) is 6.01 Å². The van der Waals surface area contributed by atoms with Crippen molar-refractivity contribution in [3.63, 3.8) is 0 Å². The normalized spacial score (nSPS) is 22.0.